The van der Waals surface area contributed by atoms with Crippen LogP contribution in [0.5, 0.6) is 0 Å². The Morgan fingerprint density at radius 2 is 1.84 bits per heavy atom. The lowest BCUT2D eigenvalue weighted by Gasteiger charge is -2.42. The summed E-state index contributed by atoms with van der Waals surface area (Å²) in [4.78, 5) is 11.0. The predicted molar refractivity (Wildman–Crippen MR) is 65.8 cm³/mol. The highest BCUT2D eigenvalue weighted by molar-refractivity contribution is 5.67. The van der Waals surface area contributed by atoms with Gasteiger partial charge in [0.05, 0.1) is 13.0 Å². The van der Waals surface area contributed by atoms with Gasteiger partial charge < -0.3 is 10.4 Å². The molecule has 0 saturated heterocycles. The van der Waals surface area contributed by atoms with Gasteiger partial charge in [-0.05, 0) is 36.5 Å². The molecule has 0 spiro atoms. The van der Waals surface area contributed by atoms with E-state index < -0.39 is 24.1 Å². The second kappa shape index (κ2) is 6.11. The van der Waals surface area contributed by atoms with E-state index >= 15 is 0 Å². The molecular formula is C13H22F3NO2. The number of alkyl halides is 3. The van der Waals surface area contributed by atoms with Gasteiger partial charge in [0.15, 0.2) is 0 Å². The Hall–Kier alpha value is -0.780. The summed E-state index contributed by atoms with van der Waals surface area (Å²) in [6.45, 7) is 3.14. The minimum atomic E-state index is -4.25. The Balaban J connectivity index is 2.67. The largest absolute Gasteiger partial charge is 0.481 e. The molecule has 3 nitrogen and oxygen atoms in total. The highest BCUT2D eigenvalue weighted by Gasteiger charge is 2.40. The summed E-state index contributed by atoms with van der Waals surface area (Å²) in [5.41, 5.74) is -0.547. The van der Waals surface area contributed by atoms with Crippen LogP contribution in [0.15, 0.2) is 0 Å². The van der Waals surface area contributed by atoms with Crippen molar-refractivity contribution in [1.29, 1.82) is 0 Å². The van der Waals surface area contributed by atoms with Crippen molar-refractivity contribution in [3.05, 3.63) is 0 Å². The Bertz CT molecular complexity index is 308. The van der Waals surface area contributed by atoms with E-state index in [2.05, 4.69) is 5.32 Å². The third-order valence-corrected chi connectivity index (χ3v) is 3.72. The molecular weight excluding hydrogens is 259 g/mol. The van der Waals surface area contributed by atoms with Crippen molar-refractivity contribution in [3.63, 3.8) is 0 Å². The molecule has 0 bridgehead atoms. The average Bonchev–Trinajstić information content (AvgIpc) is 2.10. The monoisotopic (exact) mass is 281 g/mol. The van der Waals surface area contributed by atoms with E-state index in [-0.39, 0.29) is 13.0 Å². The number of carboxylic acids is 1. The SMILES string of the molecule is C[C@@H]1C[C@H](C)CC(CNCC(F)(F)F)(CC(=O)O)C1. The fraction of sp³-hybridized carbons (Fsp3) is 0.923. The predicted octanol–water partition coefficient (Wildman–Crippen LogP) is 3.06. The van der Waals surface area contributed by atoms with Gasteiger partial charge in [0.25, 0.3) is 0 Å². The maximum atomic E-state index is 12.2. The fourth-order valence-corrected chi connectivity index (χ4v) is 3.56. The van der Waals surface area contributed by atoms with Gasteiger partial charge in [0, 0.05) is 6.54 Å². The molecule has 1 rings (SSSR count). The molecule has 0 heterocycles. The highest BCUT2D eigenvalue weighted by atomic mass is 19.4. The zero-order valence-corrected chi connectivity index (χ0v) is 11.4. The minimum Gasteiger partial charge on any atom is -0.481 e. The third-order valence-electron chi connectivity index (χ3n) is 3.72. The number of hydrogen-bond donors (Lipinski definition) is 2. The summed E-state index contributed by atoms with van der Waals surface area (Å²) in [5, 5.41) is 11.4. The molecule has 2 N–H and O–H groups in total. The Labute approximate surface area is 111 Å². The first-order valence-corrected chi connectivity index (χ1v) is 6.61. The summed E-state index contributed by atoms with van der Waals surface area (Å²) in [5.74, 6) is -0.221. The van der Waals surface area contributed by atoms with Crippen molar-refractivity contribution in [2.45, 2.75) is 45.7 Å². The van der Waals surface area contributed by atoms with E-state index in [9.17, 15) is 18.0 Å². The van der Waals surface area contributed by atoms with Crippen molar-refractivity contribution >= 4 is 5.97 Å². The molecule has 0 aliphatic heterocycles. The van der Waals surface area contributed by atoms with E-state index in [4.69, 9.17) is 5.11 Å². The quantitative estimate of drug-likeness (QED) is 0.814. The molecule has 1 aliphatic carbocycles. The van der Waals surface area contributed by atoms with Crippen LogP contribution in [0.1, 0.15) is 39.5 Å². The smallest absolute Gasteiger partial charge is 0.401 e. The van der Waals surface area contributed by atoms with E-state index in [1.807, 2.05) is 13.8 Å². The Morgan fingerprint density at radius 3 is 2.26 bits per heavy atom. The average molecular weight is 281 g/mol. The summed E-state index contributed by atoms with van der Waals surface area (Å²) < 4.78 is 36.5. The normalized spacial score (nSPS) is 32.3. The van der Waals surface area contributed by atoms with Crippen molar-refractivity contribution < 1.29 is 23.1 Å². The lowest BCUT2D eigenvalue weighted by molar-refractivity contribution is -0.141. The lowest BCUT2D eigenvalue weighted by Crippen LogP contribution is -2.44. The summed E-state index contributed by atoms with van der Waals surface area (Å²) in [6.07, 6.45) is -1.95. The van der Waals surface area contributed by atoms with E-state index in [0.717, 1.165) is 6.42 Å². The highest BCUT2D eigenvalue weighted by Crippen LogP contribution is 2.44. The maximum Gasteiger partial charge on any atom is 0.401 e. The molecule has 1 fully saturated rings. The van der Waals surface area contributed by atoms with Gasteiger partial charge in [-0.2, -0.15) is 13.2 Å². The van der Waals surface area contributed by atoms with Crippen LogP contribution in [-0.4, -0.2) is 30.3 Å². The molecule has 6 heteroatoms. The van der Waals surface area contributed by atoms with E-state index in [1.54, 1.807) is 0 Å². The summed E-state index contributed by atoms with van der Waals surface area (Å²) in [7, 11) is 0. The number of rotatable bonds is 5. The molecule has 3 atom stereocenters. The number of hydrogen-bond acceptors (Lipinski definition) is 2. The van der Waals surface area contributed by atoms with Crippen LogP contribution in [0, 0.1) is 17.3 Å². The summed E-state index contributed by atoms with van der Waals surface area (Å²) in [6, 6.07) is 0. The number of nitrogens with one attached hydrogen (secondary N) is 1. The van der Waals surface area contributed by atoms with Gasteiger partial charge in [0.1, 0.15) is 0 Å². The van der Waals surface area contributed by atoms with Crippen LogP contribution >= 0.6 is 0 Å². The van der Waals surface area contributed by atoms with Crippen molar-refractivity contribution in [2.24, 2.45) is 17.3 Å². The molecule has 19 heavy (non-hydrogen) atoms. The number of carbonyl (C=O) groups is 1. The van der Waals surface area contributed by atoms with Gasteiger partial charge in [-0.1, -0.05) is 13.8 Å². The first kappa shape index (κ1) is 16.3. The number of carboxylic acid groups (broad SMARTS) is 1. The third kappa shape index (κ3) is 5.80. The molecule has 0 aromatic rings. The fourth-order valence-electron chi connectivity index (χ4n) is 3.56. The van der Waals surface area contributed by atoms with E-state index in [1.165, 1.54) is 0 Å². The molecule has 112 valence electrons. The van der Waals surface area contributed by atoms with Gasteiger partial charge in [-0.15, -0.1) is 0 Å². The zero-order chi connectivity index (χ0) is 14.7. The lowest BCUT2D eigenvalue weighted by atomic mass is 9.64. The molecule has 0 amide bonds. The maximum absolute atomic E-state index is 12.2. The van der Waals surface area contributed by atoms with Gasteiger partial charge in [-0.3, -0.25) is 4.79 Å². The van der Waals surface area contributed by atoms with Crippen LogP contribution in [0.25, 0.3) is 0 Å². The van der Waals surface area contributed by atoms with Crippen molar-refractivity contribution in [1.82, 2.24) is 5.32 Å². The summed E-state index contributed by atoms with van der Waals surface area (Å²) >= 11 is 0. The Morgan fingerprint density at radius 1 is 1.32 bits per heavy atom. The van der Waals surface area contributed by atoms with Crippen LogP contribution in [0.3, 0.4) is 0 Å². The first-order chi connectivity index (χ1) is 8.62. The molecule has 1 unspecified atom stereocenters. The zero-order valence-electron chi connectivity index (χ0n) is 11.4. The second-order valence-electron chi connectivity index (χ2n) is 6.14. The molecule has 0 aromatic carbocycles. The van der Waals surface area contributed by atoms with Gasteiger partial charge >= 0.3 is 12.1 Å². The Kier molecular flexibility index (Phi) is 5.24. The standard InChI is InChI=1S/C13H22F3NO2/c1-9-3-10(2)5-12(4-9,6-11(18)19)7-17-8-13(14,15)16/h9-10,17H,3-8H2,1-2H3,(H,18,19)/t9-,10+,12?. The number of halogens is 3. The van der Waals surface area contributed by atoms with Gasteiger partial charge in [0.2, 0.25) is 0 Å². The van der Waals surface area contributed by atoms with Crippen LogP contribution in [0.2, 0.25) is 0 Å². The van der Waals surface area contributed by atoms with Crippen molar-refractivity contribution in [3.8, 4) is 0 Å². The molecule has 1 saturated carbocycles. The minimum absolute atomic E-state index is 0.0630. The molecule has 0 aromatic heterocycles. The van der Waals surface area contributed by atoms with Crippen LogP contribution in [-0.2, 0) is 4.79 Å². The molecule has 0 radical (unpaired) electrons. The molecule has 1 aliphatic rings. The van der Waals surface area contributed by atoms with E-state index in [0.29, 0.717) is 24.7 Å². The van der Waals surface area contributed by atoms with Crippen LogP contribution in [0.4, 0.5) is 13.2 Å². The number of aliphatic carboxylic acids is 1. The second-order valence-corrected chi connectivity index (χ2v) is 6.14. The topological polar surface area (TPSA) is 49.3 Å². The van der Waals surface area contributed by atoms with Crippen molar-refractivity contribution in [2.75, 3.05) is 13.1 Å². The first-order valence-electron chi connectivity index (χ1n) is 6.61. The van der Waals surface area contributed by atoms with Crippen LogP contribution < -0.4 is 5.32 Å². The van der Waals surface area contributed by atoms with Gasteiger partial charge in [-0.25, -0.2) is 0 Å².